The summed E-state index contributed by atoms with van der Waals surface area (Å²) in [5.74, 6) is -0.145. The Balaban J connectivity index is 2.11. The van der Waals surface area contributed by atoms with Crippen LogP contribution < -0.4 is 11.2 Å². The van der Waals surface area contributed by atoms with Gasteiger partial charge in [-0.25, -0.2) is 4.79 Å². The first kappa shape index (κ1) is 11.7. The number of thiophene rings is 1. The molecule has 0 saturated carbocycles. The van der Waals surface area contributed by atoms with Crippen LogP contribution in [0, 0.1) is 0 Å². The Hall–Kier alpha value is -2.41. The molecule has 3 rings (SSSR count). The van der Waals surface area contributed by atoms with Crippen molar-refractivity contribution in [1.82, 2.24) is 9.55 Å². The Morgan fingerprint density at radius 2 is 2.21 bits per heavy atom. The molecule has 96 valence electrons. The third-order valence-electron chi connectivity index (χ3n) is 2.70. The highest BCUT2D eigenvalue weighted by Crippen LogP contribution is 2.15. The number of aromatic amines is 1. The quantitative estimate of drug-likeness (QED) is 0.729. The van der Waals surface area contributed by atoms with Gasteiger partial charge in [0.05, 0.1) is 18.3 Å². The van der Waals surface area contributed by atoms with E-state index >= 15 is 0 Å². The lowest BCUT2D eigenvalue weighted by Crippen LogP contribution is -2.31. The van der Waals surface area contributed by atoms with Gasteiger partial charge in [-0.05, 0) is 23.6 Å². The van der Waals surface area contributed by atoms with Crippen LogP contribution in [-0.2, 0) is 6.54 Å². The number of carbonyl (C=O) groups excluding carboxylic acids is 1. The Kier molecular flexibility index (Phi) is 2.68. The van der Waals surface area contributed by atoms with Crippen molar-refractivity contribution >= 4 is 27.3 Å². The van der Waals surface area contributed by atoms with Crippen LogP contribution in [0.3, 0.4) is 0 Å². The van der Waals surface area contributed by atoms with Gasteiger partial charge in [0.2, 0.25) is 5.78 Å². The third kappa shape index (κ3) is 1.93. The van der Waals surface area contributed by atoms with E-state index in [0.717, 1.165) is 0 Å². The number of ketones is 1. The zero-order valence-corrected chi connectivity index (χ0v) is 10.4. The molecular formula is C12H8N2O4S. The van der Waals surface area contributed by atoms with Gasteiger partial charge in [-0.15, -0.1) is 11.3 Å². The van der Waals surface area contributed by atoms with Gasteiger partial charge in [0.15, 0.2) is 5.76 Å². The van der Waals surface area contributed by atoms with Crippen molar-refractivity contribution in [2.75, 3.05) is 0 Å². The predicted octanol–water partition coefficient (Wildman–Crippen LogP) is 1.23. The summed E-state index contributed by atoms with van der Waals surface area (Å²) >= 11 is 1.22. The first-order valence-electron chi connectivity index (χ1n) is 5.44. The van der Waals surface area contributed by atoms with Gasteiger partial charge < -0.3 is 4.42 Å². The lowest BCUT2D eigenvalue weighted by atomic mass is 10.3. The molecule has 3 heterocycles. The zero-order chi connectivity index (χ0) is 13.4. The highest BCUT2D eigenvalue weighted by molar-refractivity contribution is 7.17. The number of H-pyrrole nitrogens is 1. The van der Waals surface area contributed by atoms with Crippen molar-refractivity contribution in [2.45, 2.75) is 6.54 Å². The van der Waals surface area contributed by atoms with E-state index in [1.54, 1.807) is 17.5 Å². The Bertz CT molecular complexity index is 854. The van der Waals surface area contributed by atoms with Crippen LogP contribution in [0.4, 0.5) is 0 Å². The number of Topliss-reactive ketones (excluding diaryl/α,β-unsaturated/α-hetero) is 1. The zero-order valence-electron chi connectivity index (χ0n) is 9.58. The first-order valence-corrected chi connectivity index (χ1v) is 6.32. The minimum atomic E-state index is -0.601. The van der Waals surface area contributed by atoms with E-state index in [4.69, 9.17) is 4.42 Å². The van der Waals surface area contributed by atoms with Gasteiger partial charge in [-0.3, -0.25) is 19.1 Å². The fourth-order valence-electron chi connectivity index (χ4n) is 1.83. The molecule has 0 bridgehead atoms. The second-order valence-electron chi connectivity index (χ2n) is 3.88. The number of hydrogen-bond acceptors (Lipinski definition) is 5. The molecule has 0 aliphatic rings. The second kappa shape index (κ2) is 4.36. The molecule has 3 aromatic rings. The molecule has 0 atom stereocenters. The largest absolute Gasteiger partial charge is 0.461 e. The summed E-state index contributed by atoms with van der Waals surface area (Å²) in [4.78, 5) is 37.5. The van der Waals surface area contributed by atoms with Crippen molar-refractivity contribution in [3.8, 4) is 0 Å². The maximum atomic E-state index is 11.9. The van der Waals surface area contributed by atoms with Gasteiger partial charge in [0.1, 0.15) is 4.70 Å². The maximum Gasteiger partial charge on any atom is 0.329 e. The Morgan fingerprint density at radius 3 is 2.95 bits per heavy atom. The van der Waals surface area contributed by atoms with Gasteiger partial charge in [-0.1, -0.05) is 0 Å². The number of nitrogens with one attached hydrogen (secondary N) is 1. The van der Waals surface area contributed by atoms with Crippen LogP contribution >= 0.6 is 11.3 Å². The third-order valence-corrected chi connectivity index (χ3v) is 3.61. The van der Waals surface area contributed by atoms with Crippen molar-refractivity contribution in [3.05, 3.63) is 56.4 Å². The summed E-state index contributed by atoms with van der Waals surface area (Å²) in [6, 6.07) is 4.78. The molecule has 0 unspecified atom stereocenters. The molecule has 0 radical (unpaired) electrons. The second-order valence-corrected chi connectivity index (χ2v) is 4.80. The minimum absolute atomic E-state index is 0.170. The molecule has 0 fully saturated rings. The number of carbonyl (C=O) groups is 1. The summed E-state index contributed by atoms with van der Waals surface area (Å²) in [6.07, 6.45) is 1.39. The van der Waals surface area contributed by atoms with Crippen molar-refractivity contribution < 1.29 is 9.21 Å². The molecule has 0 saturated heterocycles. The van der Waals surface area contributed by atoms with E-state index in [9.17, 15) is 14.4 Å². The van der Waals surface area contributed by atoms with Crippen LogP contribution in [0.25, 0.3) is 10.2 Å². The van der Waals surface area contributed by atoms with E-state index in [0.29, 0.717) is 10.2 Å². The Morgan fingerprint density at radius 1 is 1.37 bits per heavy atom. The monoisotopic (exact) mass is 276 g/mol. The first-order chi connectivity index (χ1) is 9.16. The molecule has 0 amide bonds. The maximum absolute atomic E-state index is 11.9. The normalized spacial score (nSPS) is 10.9. The van der Waals surface area contributed by atoms with Crippen LogP contribution in [-0.4, -0.2) is 15.3 Å². The molecule has 0 spiro atoms. The van der Waals surface area contributed by atoms with E-state index in [2.05, 4.69) is 4.98 Å². The van der Waals surface area contributed by atoms with E-state index < -0.39 is 11.2 Å². The van der Waals surface area contributed by atoms with Crippen LogP contribution in [0.5, 0.6) is 0 Å². The van der Waals surface area contributed by atoms with Gasteiger partial charge >= 0.3 is 5.69 Å². The standard InChI is InChI=1S/C12H8N2O4S/c15-8(9-2-1-4-18-9)6-14-7-3-5-19-10(7)11(16)13-12(14)17/h1-5H,6H2,(H,13,16,17). The van der Waals surface area contributed by atoms with Crippen molar-refractivity contribution in [2.24, 2.45) is 0 Å². The molecule has 19 heavy (non-hydrogen) atoms. The number of nitrogens with zero attached hydrogens (tertiary/aromatic N) is 1. The molecule has 0 aliphatic carbocycles. The number of aromatic nitrogens is 2. The number of hydrogen-bond donors (Lipinski definition) is 1. The Labute approximate surface area is 109 Å². The van der Waals surface area contributed by atoms with E-state index in [-0.39, 0.29) is 18.1 Å². The number of rotatable bonds is 3. The van der Waals surface area contributed by atoms with Crippen molar-refractivity contribution in [1.29, 1.82) is 0 Å². The van der Waals surface area contributed by atoms with Crippen LogP contribution in [0.15, 0.2) is 43.8 Å². The smallest absolute Gasteiger partial charge is 0.329 e. The lowest BCUT2D eigenvalue weighted by Gasteiger charge is -2.04. The van der Waals surface area contributed by atoms with Gasteiger partial charge in [-0.2, -0.15) is 0 Å². The molecule has 0 aliphatic heterocycles. The summed E-state index contributed by atoms with van der Waals surface area (Å²) in [7, 11) is 0. The lowest BCUT2D eigenvalue weighted by molar-refractivity contribution is 0.0945. The molecular weight excluding hydrogens is 268 g/mol. The van der Waals surface area contributed by atoms with E-state index in [1.165, 1.54) is 28.2 Å². The van der Waals surface area contributed by atoms with Crippen LogP contribution in [0.2, 0.25) is 0 Å². The van der Waals surface area contributed by atoms with Crippen LogP contribution in [0.1, 0.15) is 10.6 Å². The minimum Gasteiger partial charge on any atom is -0.461 e. The number of furan rings is 1. The van der Waals surface area contributed by atoms with Gasteiger partial charge in [0.25, 0.3) is 5.56 Å². The predicted molar refractivity (Wildman–Crippen MR) is 69.7 cm³/mol. The molecule has 1 N–H and O–H groups in total. The summed E-state index contributed by atoms with van der Waals surface area (Å²) in [5, 5.41) is 1.70. The SMILES string of the molecule is O=C(Cn1c(=O)[nH]c(=O)c2sccc21)c1ccco1. The average Bonchev–Trinajstić information content (AvgIpc) is 3.04. The molecule has 3 aromatic heterocycles. The van der Waals surface area contributed by atoms with Gasteiger partial charge in [0, 0.05) is 0 Å². The molecule has 6 nitrogen and oxygen atoms in total. The number of fused-ring (bicyclic) bond motifs is 1. The highest BCUT2D eigenvalue weighted by Gasteiger charge is 2.14. The average molecular weight is 276 g/mol. The molecule has 0 aromatic carbocycles. The summed E-state index contributed by atoms with van der Waals surface area (Å²) in [5.41, 5.74) is -0.578. The molecule has 7 heteroatoms. The summed E-state index contributed by atoms with van der Waals surface area (Å²) < 4.78 is 6.65. The topological polar surface area (TPSA) is 85.1 Å². The highest BCUT2D eigenvalue weighted by atomic mass is 32.1. The summed E-state index contributed by atoms with van der Waals surface area (Å²) in [6.45, 7) is -0.170. The van der Waals surface area contributed by atoms with Crippen molar-refractivity contribution in [3.63, 3.8) is 0 Å². The van der Waals surface area contributed by atoms with E-state index in [1.807, 2.05) is 0 Å². The fraction of sp³-hybridized carbons (Fsp3) is 0.0833. The fourth-order valence-corrected chi connectivity index (χ4v) is 2.62.